The first-order valence-electron chi connectivity index (χ1n) is 8.39. The first-order valence-corrected chi connectivity index (χ1v) is 9.59. The van der Waals surface area contributed by atoms with Gasteiger partial charge in [0.2, 0.25) is 0 Å². The number of alkyl halides is 3. The summed E-state index contributed by atoms with van der Waals surface area (Å²) in [4.78, 5) is 39.9. The molecule has 0 radical (unpaired) electrons. The van der Waals surface area contributed by atoms with Crippen molar-refractivity contribution < 1.29 is 18.3 Å². The maximum Gasteiger partial charge on any atom is 0.416 e. The molecule has 0 aliphatic rings. The number of hydrogen-bond donors (Lipinski definition) is 3. The molecule has 0 saturated heterocycles. The predicted octanol–water partition coefficient (Wildman–Crippen LogP) is 3.10. The van der Waals surface area contributed by atoms with Gasteiger partial charge in [-0.2, -0.15) is 13.2 Å². The van der Waals surface area contributed by atoms with Gasteiger partial charge in [0.15, 0.2) is 6.10 Å². The van der Waals surface area contributed by atoms with Crippen LogP contribution >= 0.6 is 22.9 Å². The summed E-state index contributed by atoms with van der Waals surface area (Å²) in [5, 5.41) is 9.14. The zero-order chi connectivity index (χ0) is 21.9. The van der Waals surface area contributed by atoms with Gasteiger partial charge in [-0.05, 0) is 12.1 Å². The Labute approximate surface area is 170 Å². The Morgan fingerprint density at radius 1 is 1.21 bits per heavy atom. The van der Waals surface area contributed by atoms with Gasteiger partial charge in [-0.25, -0.2) is 4.79 Å². The summed E-state index contributed by atoms with van der Waals surface area (Å²) in [6.45, 7) is 3.18. The molecular weight excluding hydrogens is 435 g/mol. The number of aromatic amines is 2. The third kappa shape index (κ3) is 5.17. The lowest BCUT2D eigenvalue weighted by Crippen LogP contribution is -2.38. The fourth-order valence-electron chi connectivity index (χ4n) is 2.27. The molecule has 0 bridgehead atoms. The van der Waals surface area contributed by atoms with E-state index in [1.165, 1.54) is 24.8 Å². The molecule has 1 atom stereocenters. The minimum Gasteiger partial charge on any atom is -0.382 e. The molecule has 0 saturated carbocycles. The Balaban J connectivity index is 0.000000941. The number of hydrogen-bond acceptors (Lipinski definition) is 5. The Kier molecular flexibility index (Phi) is 7.09. The summed E-state index contributed by atoms with van der Waals surface area (Å²) in [6.07, 6.45) is -5.13. The number of nitrogens with one attached hydrogen (secondary N) is 2. The lowest BCUT2D eigenvalue weighted by molar-refractivity contribution is -0.207. The maximum atomic E-state index is 12.6. The first kappa shape index (κ1) is 22.9. The average molecular weight is 452 g/mol. The normalized spacial score (nSPS) is 12.5. The molecule has 0 fully saturated rings. The van der Waals surface area contributed by atoms with Gasteiger partial charge >= 0.3 is 11.9 Å². The van der Waals surface area contributed by atoms with Crippen molar-refractivity contribution in [2.75, 3.05) is 0 Å². The van der Waals surface area contributed by atoms with Gasteiger partial charge in [-0.1, -0.05) is 31.9 Å². The second kappa shape index (κ2) is 8.97. The quantitative estimate of drug-likeness (QED) is 0.568. The molecule has 7 nitrogen and oxygen atoms in total. The molecule has 3 heterocycles. The fraction of sp³-hybridized carbons (Fsp3) is 0.353. The number of fused-ring (bicyclic) bond motifs is 1. The summed E-state index contributed by atoms with van der Waals surface area (Å²) in [5.74, 6) is 0. The van der Waals surface area contributed by atoms with Crippen molar-refractivity contribution in [3.05, 3.63) is 54.5 Å². The van der Waals surface area contributed by atoms with E-state index in [1.54, 1.807) is 0 Å². The van der Waals surface area contributed by atoms with Gasteiger partial charge < -0.3 is 10.1 Å². The van der Waals surface area contributed by atoms with E-state index in [1.807, 2.05) is 4.98 Å². The second-order valence-corrected chi connectivity index (χ2v) is 7.48. The molecule has 0 aromatic carbocycles. The van der Waals surface area contributed by atoms with Crippen LogP contribution in [0.25, 0.3) is 20.7 Å². The second-order valence-electron chi connectivity index (χ2n) is 6.02. The van der Waals surface area contributed by atoms with Crippen molar-refractivity contribution in [3.8, 4) is 10.4 Å². The van der Waals surface area contributed by atoms with Crippen LogP contribution in [-0.2, 0) is 6.54 Å². The van der Waals surface area contributed by atoms with Gasteiger partial charge in [0.25, 0.3) is 11.1 Å². The summed E-state index contributed by atoms with van der Waals surface area (Å²) in [6, 6.07) is 2.65. The van der Waals surface area contributed by atoms with Crippen LogP contribution in [0.2, 0.25) is 5.02 Å². The highest BCUT2D eigenvalue weighted by molar-refractivity contribution is 7.22. The van der Waals surface area contributed by atoms with Gasteiger partial charge in [0, 0.05) is 16.6 Å². The van der Waals surface area contributed by atoms with Crippen molar-refractivity contribution in [2.45, 2.75) is 39.1 Å². The number of nitrogens with zero attached hydrogens (tertiary/aromatic N) is 1. The average Bonchev–Trinajstić information content (AvgIpc) is 3.06. The highest BCUT2D eigenvalue weighted by atomic mass is 35.5. The molecule has 12 heteroatoms. The predicted molar refractivity (Wildman–Crippen MR) is 106 cm³/mol. The number of rotatable bonds is 3. The first-order chi connectivity index (χ1) is 13.5. The lowest BCUT2D eigenvalue weighted by atomic mass is 10.2. The number of aromatic nitrogens is 3. The SMILES string of the molecule is CCC.O=c1[nH]cc(-c2cc3c(s2)c(=O)[nH]c(=O)n3CC(O)C(F)(F)F)cc1Cl. The van der Waals surface area contributed by atoms with E-state index in [9.17, 15) is 32.7 Å². The smallest absolute Gasteiger partial charge is 0.382 e. The number of halogens is 4. The molecule has 158 valence electrons. The Hall–Kier alpha value is -2.37. The molecule has 0 amide bonds. The molecule has 0 aliphatic carbocycles. The van der Waals surface area contributed by atoms with E-state index in [2.05, 4.69) is 18.8 Å². The number of H-pyrrole nitrogens is 2. The number of aliphatic hydroxyl groups is 1. The third-order valence-electron chi connectivity index (χ3n) is 3.55. The minimum atomic E-state index is -4.92. The largest absolute Gasteiger partial charge is 0.416 e. The summed E-state index contributed by atoms with van der Waals surface area (Å²) in [5.41, 5.74) is -2.03. The Morgan fingerprint density at radius 3 is 2.38 bits per heavy atom. The summed E-state index contributed by atoms with van der Waals surface area (Å²) in [7, 11) is 0. The van der Waals surface area contributed by atoms with Crippen LogP contribution in [0.3, 0.4) is 0 Å². The molecule has 1 unspecified atom stereocenters. The van der Waals surface area contributed by atoms with Crippen LogP contribution in [0, 0.1) is 0 Å². The fourth-order valence-corrected chi connectivity index (χ4v) is 3.49. The van der Waals surface area contributed by atoms with E-state index >= 15 is 0 Å². The molecule has 0 spiro atoms. The lowest BCUT2D eigenvalue weighted by Gasteiger charge is -2.16. The Bertz CT molecular complexity index is 1180. The van der Waals surface area contributed by atoms with Crippen LogP contribution in [0.1, 0.15) is 20.3 Å². The number of pyridine rings is 1. The zero-order valence-electron chi connectivity index (χ0n) is 15.3. The molecule has 3 N–H and O–H groups in total. The highest BCUT2D eigenvalue weighted by Crippen LogP contribution is 2.32. The van der Waals surface area contributed by atoms with Crippen LogP contribution < -0.4 is 16.8 Å². The Morgan fingerprint density at radius 2 is 1.83 bits per heavy atom. The molecule has 3 aromatic rings. The molecule has 3 rings (SSSR count). The highest BCUT2D eigenvalue weighted by Gasteiger charge is 2.38. The number of thiophene rings is 1. The van der Waals surface area contributed by atoms with Crippen molar-refractivity contribution in [3.63, 3.8) is 0 Å². The van der Waals surface area contributed by atoms with E-state index in [0.717, 1.165) is 11.3 Å². The van der Waals surface area contributed by atoms with E-state index in [-0.39, 0.29) is 15.2 Å². The van der Waals surface area contributed by atoms with Crippen molar-refractivity contribution in [2.24, 2.45) is 0 Å². The minimum absolute atomic E-state index is 0.00343. The van der Waals surface area contributed by atoms with Crippen LogP contribution in [-0.4, -0.2) is 31.9 Å². The topological polar surface area (TPSA) is 108 Å². The van der Waals surface area contributed by atoms with Gasteiger partial charge in [0.05, 0.1) is 12.1 Å². The van der Waals surface area contributed by atoms with Crippen LogP contribution in [0.4, 0.5) is 13.2 Å². The van der Waals surface area contributed by atoms with Gasteiger partial charge in [-0.15, -0.1) is 11.3 Å². The van der Waals surface area contributed by atoms with E-state index < -0.39 is 35.6 Å². The van der Waals surface area contributed by atoms with Gasteiger partial charge in [-0.3, -0.25) is 19.1 Å². The third-order valence-corrected chi connectivity index (χ3v) is 5.00. The van der Waals surface area contributed by atoms with Crippen molar-refractivity contribution in [1.82, 2.24) is 14.5 Å². The molecule has 3 aromatic heterocycles. The van der Waals surface area contributed by atoms with Crippen molar-refractivity contribution >= 4 is 33.2 Å². The van der Waals surface area contributed by atoms with E-state index in [4.69, 9.17) is 11.6 Å². The number of aliphatic hydroxyl groups excluding tert-OH is 1. The maximum absolute atomic E-state index is 12.6. The standard InChI is InChI=1S/C14H9ClF3N3O4S.C3H8/c15-6-1-5(3-19-11(6)23)8-2-7-10(26-8)12(24)20-13(25)21(7)4-9(22)14(16,17)18;1-3-2/h1-3,9,22H,4H2,(H,19,23)(H,20,24,25);3H2,1-2H3. The van der Waals surface area contributed by atoms with Crippen LogP contribution in [0.5, 0.6) is 0 Å². The van der Waals surface area contributed by atoms with Crippen LogP contribution in [0.15, 0.2) is 32.7 Å². The summed E-state index contributed by atoms with van der Waals surface area (Å²) < 4.78 is 38.5. The van der Waals surface area contributed by atoms with Crippen molar-refractivity contribution in [1.29, 1.82) is 0 Å². The zero-order valence-corrected chi connectivity index (χ0v) is 16.8. The molecule has 0 aliphatic heterocycles. The molecular formula is C17H17ClF3N3O4S. The van der Waals surface area contributed by atoms with E-state index in [0.29, 0.717) is 15.0 Å². The summed E-state index contributed by atoms with van der Waals surface area (Å²) >= 11 is 6.65. The monoisotopic (exact) mass is 451 g/mol. The van der Waals surface area contributed by atoms with Gasteiger partial charge in [0.1, 0.15) is 9.72 Å². The molecule has 29 heavy (non-hydrogen) atoms.